The van der Waals surface area contributed by atoms with E-state index in [2.05, 4.69) is 21.0 Å². The molecular formula is C21H22N4O2S. The molecule has 1 atom stereocenters. The average molecular weight is 395 g/mol. The molecule has 28 heavy (non-hydrogen) atoms. The molecule has 2 aromatic heterocycles. The number of hydrogen-bond donors (Lipinski definition) is 1. The van der Waals surface area contributed by atoms with Crippen molar-refractivity contribution in [1.82, 2.24) is 15.0 Å². The predicted molar refractivity (Wildman–Crippen MR) is 111 cm³/mol. The van der Waals surface area contributed by atoms with Gasteiger partial charge in [-0.15, -0.1) is 0 Å². The minimum atomic E-state index is -0.746. The molecule has 0 radical (unpaired) electrons. The molecule has 0 bridgehead atoms. The number of nitriles is 1. The number of thioether (sulfide) groups is 1. The van der Waals surface area contributed by atoms with Crippen molar-refractivity contribution in [3.05, 3.63) is 58.0 Å². The third-order valence-corrected chi connectivity index (χ3v) is 5.39. The first-order valence-corrected chi connectivity index (χ1v) is 10.3. The van der Waals surface area contributed by atoms with Crippen molar-refractivity contribution in [2.45, 2.75) is 37.3 Å². The zero-order chi connectivity index (χ0) is 20.1. The fourth-order valence-electron chi connectivity index (χ4n) is 2.98. The quantitative estimate of drug-likeness (QED) is 0.483. The highest BCUT2D eigenvalue weighted by Gasteiger charge is 2.27. The van der Waals surface area contributed by atoms with Crippen LogP contribution in [0.25, 0.3) is 10.9 Å². The molecule has 6 nitrogen and oxygen atoms in total. The molecule has 1 unspecified atom stereocenters. The molecule has 1 N–H and O–H groups in total. The van der Waals surface area contributed by atoms with E-state index in [-0.39, 0.29) is 5.56 Å². The Morgan fingerprint density at radius 3 is 2.86 bits per heavy atom. The Labute approximate surface area is 168 Å². The third kappa shape index (κ3) is 4.18. The van der Waals surface area contributed by atoms with Crippen molar-refractivity contribution >= 4 is 22.7 Å². The maximum Gasteiger partial charge on any atom is 0.251 e. The molecule has 0 saturated heterocycles. The lowest BCUT2D eigenvalue weighted by molar-refractivity contribution is 0.273. The van der Waals surface area contributed by atoms with Gasteiger partial charge in [-0.1, -0.05) is 30.8 Å². The summed E-state index contributed by atoms with van der Waals surface area (Å²) in [5.41, 5.74) is 1.51. The van der Waals surface area contributed by atoms with Gasteiger partial charge < -0.3 is 9.72 Å². The maximum atomic E-state index is 12.1. The number of hydrogen-bond acceptors (Lipinski definition) is 6. The molecule has 0 saturated carbocycles. The van der Waals surface area contributed by atoms with E-state index in [0.29, 0.717) is 30.5 Å². The maximum absolute atomic E-state index is 12.1. The minimum absolute atomic E-state index is 0.0810. The van der Waals surface area contributed by atoms with Gasteiger partial charge in [-0.25, -0.2) is 4.98 Å². The van der Waals surface area contributed by atoms with Gasteiger partial charge in [0, 0.05) is 29.8 Å². The van der Waals surface area contributed by atoms with Gasteiger partial charge in [0.1, 0.15) is 0 Å². The summed E-state index contributed by atoms with van der Waals surface area (Å²) in [6, 6.07) is 11.8. The number of aryl methyl sites for hydroxylation is 1. The van der Waals surface area contributed by atoms with Crippen molar-refractivity contribution in [2.24, 2.45) is 0 Å². The second-order valence-electron chi connectivity index (χ2n) is 6.70. The van der Waals surface area contributed by atoms with Gasteiger partial charge in [0.2, 0.25) is 5.88 Å². The van der Waals surface area contributed by atoms with Crippen LogP contribution in [0.5, 0.6) is 5.88 Å². The topological polar surface area (TPSA) is 91.7 Å². The van der Waals surface area contributed by atoms with E-state index in [0.717, 1.165) is 22.0 Å². The van der Waals surface area contributed by atoms with Gasteiger partial charge in [0.05, 0.1) is 18.1 Å². The lowest BCUT2D eigenvalue weighted by Crippen LogP contribution is -2.23. The SMILES string of the molecule is CCc1cc2ccc(C(C)(C#N)CCOc3ccnc(SC)n3)cc2[nH]c1=O. The number of nitrogens with one attached hydrogen (secondary N) is 1. The van der Waals surface area contributed by atoms with Crippen LogP contribution in [0.1, 0.15) is 31.4 Å². The van der Waals surface area contributed by atoms with E-state index in [1.807, 2.05) is 44.4 Å². The molecule has 0 spiro atoms. The van der Waals surface area contributed by atoms with E-state index in [4.69, 9.17) is 4.74 Å². The summed E-state index contributed by atoms with van der Waals surface area (Å²) in [5.74, 6) is 0.495. The molecule has 144 valence electrons. The lowest BCUT2D eigenvalue weighted by Gasteiger charge is -2.22. The predicted octanol–water partition coefficient (Wildman–Crippen LogP) is 3.85. The molecule has 0 aliphatic rings. The number of nitrogens with zero attached hydrogens (tertiary/aromatic N) is 3. The molecule has 0 fully saturated rings. The molecule has 0 aliphatic heterocycles. The van der Waals surface area contributed by atoms with E-state index < -0.39 is 5.41 Å². The zero-order valence-corrected chi connectivity index (χ0v) is 17.0. The molecular weight excluding hydrogens is 372 g/mol. The molecule has 3 aromatic rings. The van der Waals surface area contributed by atoms with E-state index >= 15 is 0 Å². The normalized spacial score (nSPS) is 13.1. The van der Waals surface area contributed by atoms with E-state index in [9.17, 15) is 10.1 Å². The highest BCUT2D eigenvalue weighted by Crippen LogP contribution is 2.29. The van der Waals surface area contributed by atoms with Crippen molar-refractivity contribution in [3.8, 4) is 11.9 Å². The Balaban J connectivity index is 1.80. The van der Waals surface area contributed by atoms with E-state index in [1.54, 1.807) is 12.3 Å². The highest BCUT2D eigenvalue weighted by molar-refractivity contribution is 7.98. The van der Waals surface area contributed by atoms with Crippen molar-refractivity contribution in [3.63, 3.8) is 0 Å². The summed E-state index contributed by atoms with van der Waals surface area (Å²) >= 11 is 1.44. The number of ether oxygens (including phenoxy) is 1. The number of H-pyrrole nitrogens is 1. The van der Waals surface area contributed by atoms with Crippen LogP contribution in [0.4, 0.5) is 0 Å². The van der Waals surface area contributed by atoms with Crippen LogP contribution >= 0.6 is 11.8 Å². The summed E-state index contributed by atoms with van der Waals surface area (Å²) in [6.45, 7) is 4.18. The zero-order valence-electron chi connectivity index (χ0n) is 16.2. The number of aromatic amines is 1. The Morgan fingerprint density at radius 1 is 1.32 bits per heavy atom. The molecule has 0 aliphatic carbocycles. The van der Waals surface area contributed by atoms with Crippen LogP contribution in [-0.4, -0.2) is 27.8 Å². The van der Waals surface area contributed by atoms with Crippen LogP contribution in [-0.2, 0) is 11.8 Å². The molecule has 3 rings (SSSR count). The fourth-order valence-corrected chi connectivity index (χ4v) is 3.33. The summed E-state index contributed by atoms with van der Waals surface area (Å²) in [7, 11) is 0. The number of aromatic nitrogens is 3. The molecule has 7 heteroatoms. The number of pyridine rings is 1. The summed E-state index contributed by atoms with van der Waals surface area (Å²) in [6.07, 6.45) is 4.73. The highest BCUT2D eigenvalue weighted by atomic mass is 32.2. The summed E-state index contributed by atoms with van der Waals surface area (Å²) < 4.78 is 5.73. The van der Waals surface area contributed by atoms with Crippen LogP contribution in [0.2, 0.25) is 0 Å². The van der Waals surface area contributed by atoms with Gasteiger partial charge in [-0.2, -0.15) is 10.2 Å². The van der Waals surface area contributed by atoms with Crippen molar-refractivity contribution < 1.29 is 4.74 Å². The largest absolute Gasteiger partial charge is 0.477 e. The Morgan fingerprint density at radius 2 is 2.14 bits per heavy atom. The van der Waals surface area contributed by atoms with Crippen LogP contribution in [0, 0.1) is 11.3 Å². The van der Waals surface area contributed by atoms with Gasteiger partial charge in [-0.05, 0) is 42.7 Å². The minimum Gasteiger partial charge on any atom is -0.477 e. The van der Waals surface area contributed by atoms with Gasteiger partial charge in [0.15, 0.2) is 5.16 Å². The first-order valence-electron chi connectivity index (χ1n) is 9.06. The Hall–Kier alpha value is -2.85. The second-order valence-corrected chi connectivity index (χ2v) is 7.48. The van der Waals surface area contributed by atoms with Crippen LogP contribution in [0.3, 0.4) is 0 Å². The van der Waals surface area contributed by atoms with E-state index in [1.165, 1.54) is 11.8 Å². The third-order valence-electron chi connectivity index (χ3n) is 4.83. The first-order chi connectivity index (χ1) is 13.5. The van der Waals surface area contributed by atoms with Crippen LogP contribution in [0.15, 0.2) is 46.5 Å². The number of benzene rings is 1. The molecule has 0 amide bonds. The average Bonchev–Trinajstić information content (AvgIpc) is 2.72. The van der Waals surface area contributed by atoms with Gasteiger partial charge >= 0.3 is 0 Å². The molecule has 1 aromatic carbocycles. The Kier molecular flexibility index (Phi) is 6.00. The monoisotopic (exact) mass is 394 g/mol. The Bertz CT molecular complexity index is 1090. The van der Waals surface area contributed by atoms with Gasteiger partial charge in [-0.3, -0.25) is 4.79 Å². The van der Waals surface area contributed by atoms with Gasteiger partial charge in [0.25, 0.3) is 5.56 Å². The number of rotatable bonds is 7. The smallest absolute Gasteiger partial charge is 0.251 e. The number of fused-ring (bicyclic) bond motifs is 1. The summed E-state index contributed by atoms with van der Waals surface area (Å²) in [5, 5.41) is 11.4. The van der Waals surface area contributed by atoms with Crippen molar-refractivity contribution in [1.29, 1.82) is 5.26 Å². The first kappa shape index (κ1) is 19.9. The molecule has 2 heterocycles. The second kappa shape index (κ2) is 8.44. The summed E-state index contributed by atoms with van der Waals surface area (Å²) in [4.78, 5) is 23.4. The fraction of sp³-hybridized carbons (Fsp3) is 0.333. The van der Waals surface area contributed by atoms with Crippen molar-refractivity contribution in [2.75, 3.05) is 12.9 Å². The lowest BCUT2D eigenvalue weighted by atomic mass is 9.81. The standard InChI is InChI=1S/C21H22N4O2S/c1-4-14-11-15-5-6-16(12-17(15)24-19(14)26)21(2,13-22)8-10-27-18-7-9-23-20(25-18)28-3/h5-7,9,11-12H,4,8,10H2,1-3H3,(H,24,26). The van der Waals surface area contributed by atoms with Crippen LogP contribution < -0.4 is 10.3 Å².